The van der Waals surface area contributed by atoms with E-state index >= 15 is 0 Å². The summed E-state index contributed by atoms with van der Waals surface area (Å²) in [4.78, 5) is 0. The average molecular weight is 926 g/mol. The first-order valence-corrected chi connectivity index (χ1v) is 25.2. The molecule has 14 rings (SSSR count). The van der Waals surface area contributed by atoms with E-state index in [0.717, 1.165) is 5.69 Å². The highest BCUT2D eigenvalue weighted by Gasteiger charge is 2.19. The van der Waals surface area contributed by atoms with Gasteiger partial charge in [-0.2, -0.15) is 0 Å². The molecule has 14 aromatic rings. The number of hydrogen-bond acceptors (Lipinski definition) is 0. The fraction of sp³-hybridized carbons (Fsp3) is 0. The second kappa shape index (κ2) is 17.7. The molecule has 0 bridgehead atoms. The highest BCUT2D eigenvalue weighted by molar-refractivity contribution is 6.12. The van der Waals surface area contributed by atoms with E-state index in [2.05, 4.69) is 290 Å². The van der Waals surface area contributed by atoms with Gasteiger partial charge in [0.05, 0.1) is 11.0 Å². The number of fused-ring (bicyclic) bond motifs is 6. The Balaban J connectivity index is 0.949. The molecule has 0 spiro atoms. The molecule has 0 fully saturated rings. The number of hydrogen-bond donors (Lipinski definition) is 0. The molecule has 0 aliphatic carbocycles. The molecule has 0 radical (unpaired) electrons. The first kappa shape index (κ1) is 42.3. The van der Waals surface area contributed by atoms with E-state index in [4.69, 9.17) is 0 Å². The quantitative estimate of drug-likeness (QED) is 0.143. The number of aromatic nitrogens is 1. The smallest absolute Gasteiger partial charge is 0.0541 e. The van der Waals surface area contributed by atoms with E-state index in [-0.39, 0.29) is 0 Å². The molecule has 0 saturated carbocycles. The van der Waals surface area contributed by atoms with Crippen LogP contribution in [0.2, 0.25) is 0 Å². The SMILES string of the molecule is c1ccc(-c2cc(-c3ccc4ccccc4c3)ccc2-c2ccc3c(c2)c2cc(-c4ccc(-c5ccc6ccccc6c5)cc4-c4ccccc4)ccc2n3-c2ccc(-c3ccc4ccccc4c3)cc2)cc1. The lowest BCUT2D eigenvalue weighted by Crippen LogP contribution is -1.94. The maximum absolute atomic E-state index is 2.45. The minimum atomic E-state index is 1.12. The lowest BCUT2D eigenvalue weighted by Gasteiger charge is -2.14. The normalized spacial score (nSPS) is 11.6. The summed E-state index contributed by atoms with van der Waals surface area (Å²) < 4.78 is 2.45. The molecule has 0 saturated heterocycles. The van der Waals surface area contributed by atoms with Crippen LogP contribution in [0.5, 0.6) is 0 Å². The van der Waals surface area contributed by atoms with Gasteiger partial charge in [0.1, 0.15) is 0 Å². The van der Waals surface area contributed by atoms with Gasteiger partial charge in [-0.3, -0.25) is 0 Å². The zero-order valence-corrected chi connectivity index (χ0v) is 40.1. The summed E-state index contributed by atoms with van der Waals surface area (Å²) in [5.74, 6) is 0. The van der Waals surface area contributed by atoms with Gasteiger partial charge in [-0.05, 0) is 177 Å². The van der Waals surface area contributed by atoms with E-state index in [1.54, 1.807) is 0 Å². The second-order valence-corrected chi connectivity index (χ2v) is 19.3. The average Bonchev–Trinajstić information content (AvgIpc) is 3.80. The Morgan fingerprint density at radius 2 is 0.507 bits per heavy atom. The van der Waals surface area contributed by atoms with Crippen molar-refractivity contribution in [2.24, 2.45) is 0 Å². The van der Waals surface area contributed by atoms with Crippen molar-refractivity contribution in [3.63, 3.8) is 0 Å². The highest BCUT2D eigenvalue weighted by Crippen LogP contribution is 2.43. The van der Waals surface area contributed by atoms with E-state index < -0.39 is 0 Å². The Kier molecular flexibility index (Phi) is 10.3. The molecular formula is C72H47N. The molecule has 0 aliphatic rings. The van der Waals surface area contributed by atoms with Crippen LogP contribution in [0.25, 0.3) is 138 Å². The molecule has 73 heavy (non-hydrogen) atoms. The van der Waals surface area contributed by atoms with Crippen LogP contribution in [-0.4, -0.2) is 4.57 Å². The third-order valence-corrected chi connectivity index (χ3v) is 15.0. The van der Waals surface area contributed by atoms with Gasteiger partial charge in [0, 0.05) is 16.5 Å². The van der Waals surface area contributed by atoms with Gasteiger partial charge in [0.2, 0.25) is 0 Å². The molecule has 1 nitrogen and oxygen atoms in total. The maximum Gasteiger partial charge on any atom is 0.0541 e. The van der Waals surface area contributed by atoms with Crippen molar-refractivity contribution in [2.45, 2.75) is 0 Å². The van der Waals surface area contributed by atoms with E-state index in [0.29, 0.717) is 0 Å². The fourth-order valence-corrected chi connectivity index (χ4v) is 11.2. The van der Waals surface area contributed by atoms with E-state index in [1.807, 2.05) is 0 Å². The predicted molar refractivity (Wildman–Crippen MR) is 311 cm³/mol. The molecule has 0 amide bonds. The lowest BCUT2D eigenvalue weighted by atomic mass is 9.89. The number of rotatable bonds is 8. The summed E-state index contributed by atoms with van der Waals surface area (Å²) in [6.07, 6.45) is 0. The van der Waals surface area contributed by atoms with Gasteiger partial charge >= 0.3 is 0 Å². The Morgan fingerprint density at radius 3 is 0.932 bits per heavy atom. The monoisotopic (exact) mass is 925 g/mol. The van der Waals surface area contributed by atoms with Crippen molar-refractivity contribution in [3.8, 4) is 83.6 Å². The van der Waals surface area contributed by atoms with Crippen molar-refractivity contribution in [3.05, 3.63) is 285 Å². The lowest BCUT2D eigenvalue weighted by molar-refractivity contribution is 1.18. The van der Waals surface area contributed by atoms with Gasteiger partial charge < -0.3 is 4.57 Å². The van der Waals surface area contributed by atoms with Gasteiger partial charge in [0.15, 0.2) is 0 Å². The minimum Gasteiger partial charge on any atom is -0.309 e. The van der Waals surface area contributed by atoms with E-state index in [9.17, 15) is 0 Å². The molecule has 1 heteroatoms. The van der Waals surface area contributed by atoms with Crippen LogP contribution >= 0.6 is 0 Å². The zero-order chi connectivity index (χ0) is 48.2. The fourth-order valence-electron chi connectivity index (χ4n) is 11.2. The highest BCUT2D eigenvalue weighted by atomic mass is 15.0. The molecule has 13 aromatic carbocycles. The van der Waals surface area contributed by atoms with Crippen LogP contribution in [0.3, 0.4) is 0 Å². The third-order valence-electron chi connectivity index (χ3n) is 15.0. The van der Waals surface area contributed by atoms with Crippen LogP contribution in [0.1, 0.15) is 0 Å². The molecule has 1 aromatic heterocycles. The van der Waals surface area contributed by atoms with Crippen molar-refractivity contribution < 1.29 is 0 Å². The van der Waals surface area contributed by atoms with Crippen LogP contribution in [0, 0.1) is 0 Å². The standard InChI is InChI=1S/C72H47N/c1-3-16-52(17-4-1)67-44-60(58-27-24-49-14-8-11-21-55(49)42-58)31-37-65(67)62-33-39-71-69(46-62)70-47-63(34-40-72(70)73(71)64-35-29-51(30-36-64)57-26-23-48-13-7-10-20-54(48)41-57)66-38-32-61(45-68(66)53-18-5-2-6-19-53)59-28-25-50-15-9-12-22-56(50)43-59/h1-47H. The molecule has 0 unspecified atom stereocenters. The maximum atomic E-state index is 2.45. The molecule has 0 N–H and O–H groups in total. The minimum absolute atomic E-state index is 1.12. The Labute approximate surface area is 425 Å². The molecular weight excluding hydrogens is 879 g/mol. The zero-order valence-electron chi connectivity index (χ0n) is 40.1. The molecule has 0 atom stereocenters. The topological polar surface area (TPSA) is 4.93 Å². The van der Waals surface area contributed by atoms with Crippen LogP contribution in [0.4, 0.5) is 0 Å². The summed E-state index contributed by atoms with van der Waals surface area (Å²) in [7, 11) is 0. The summed E-state index contributed by atoms with van der Waals surface area (Å²) in [5, 5.41) is 9.89. The largest absolute Gasteiger partial charge is 0.309 e. The summed E-state index contributed by atoms with van der Waals surface area (Å²) in [6, 6.07) is 105. The van der Waals surface area contributed by atoms with Crippen molar-refractivity contribution in [1.82, 2.24) is 4.57 Å². The molecule has 1 heterocycles. The molecule has 0 aliphatic heterocycles. The van der Waals surface area contributed by atoms with Crippen LogP contribution < -0.4 is 0 Å². The second-order valence-electron chi connectivity index (χ2n) is 19.3. The molecule has 340 valence electrons. The van der Waals surface area contributed by atoms with Crippen LogP contribution in [-0.2, 0) is 0 Å². The van der Waals surface area contributed by atoms with Gasteiger partial charge in [-0.1, -0.05) is 218 Å². The summed E-state index contributed by atoms with van der Waals surface area (Å²) >= 11 is 0. The first-order chi connectivity index (χ1) is 36.1. The summed E-state index contributed by atoms with van der Waals surface area (Å²) in [5.41, 5.74) is 20.2. The van der Waals surface area contributed by atoms with Gasteiger partial charge in [0.25, 0.3) is 0 Å². The Morgan fingerprint density at radius 1 is 0.178 bits per heavy atom. The van der Waals surface area contributed by atoms with Gasteiger partial charge in [-0.15, -0.1) is 0 Å². The summed E-state index contributed by atoms with van der Waals surface area (Å²) in [6.45, 7) is 0. The van der Waals surface area contributed by atoms with Gasteiger partial charge in [-0.25, -0.2) is 0 Å². The Bertz CT molecular complexity index is 4180. The van der Waals surface area contributed by atoms with Crippen molar-refractivity contribution in [1.29, 1.82) is 0 Å². The first-order valence-electron chi connectivity index (χ1n) is 25.2. The number of nitrogens with zero attached hydrogens (tertiary/aromatic N) is 1. The van der Waals surface area contributed by atoms with Crippen LogP contribution in [0.15, 0.2) is 285 Å². The van der Waals surface area contributed by atoms with Crippen molar-refractivity contribution >= 4 is 54.1 Å². The van der Waals surface area contributed by atoms with Crippen molar-refractivity contribution in [2.75, 3.05) is 0 Å². The third kappa shape index (κ3) is 7.67. The number of benzene rings is 13. The van der Waals surface area contributed by atoms with E-state index in [1.165, 1.54) is 132 Å². The Hall–Kier alpha value is -9.56. The predicted octanol–water partition coefficient (Wildman–Crippen LogP) is 19.9.